The van der Waals surface area contributed by atoms with Crippen molar-refractivity contribution in [3.05, 3.63) is 27.0 Å². The zero-order valence-corrected chi connectivity index (χ0v) is 13.4. The molecule has 0 saturated carbocycles. The van der Waals surface area contributed by atoms with Crippen LogP contribution in [0.2, 0.25) is 0 Å². The van der Waals surface area contributed by atoms with Gasteiger partial charge in [-0.3, -0.25) is 15.1 Å². The first kappa shape index (κ1) is 14.7. The van der Waals surface area contributed by atoms with Gasteiger partial charge in [-0.2, -0.15) is 0 Å². The highest BCUT2D eigenvalue weighted by atomic mass is 79.9. The minimum Gasteiger partial charge on any atom is -0.360 e. The number of pyridine rings is 1. The van der Waals surface area contributed by atoms with Gasteiger partial charge in [0.2, 0.25) is 0 Å². The number of nitro groups is 1. The molecule has 2 aliphatic heterocycles. The summed E-state index contributed by atoms with van der Waals surface area (Å²) in [5.74, 6) is 0. The molecule has 3 heterocycles. The van der Waals surface area contributed by atoms with Gasteiger partial charge in [-0.1, -0.05) is 0 Å². The van der Waals surface area contributed by atoms with E-state index in [1.54, 1.807) is 6.20 Å². The minimum absolute atomic E-state index is 0.0919. The van der Waals surface area contributed by atoms with Crippen LogP contribution in [0.15, 0.2) is 16.9 Å². The molecular formula is C14H19BrN4O2. The summed E-state index contributed by atoms with van der Waals surface area (Å²) >= 11 is 3.46. The predicted octanol–water partition coefficient (Wildman–Crippen LogP) is 2.86. The lowest BCUT2D eigenvalue weighted by atomic mass is 9.94. The molecule has 0 spiro atoms. The summed E-state index contributed by atoms with van der Waals surface area (Å²) in [4.78, 5) is 17.2. The highest BCUT2D eigenvalue weighted by Gasteiger charge is 2.35. The van der Waals surface area contributed by atoms with Crippen molar-refractivity contribution < 1.29 is 4.92 Å². The molecule has 0 aliphatic carbocycles. The second kappa shape index (κ2) is 6.27. The molecule has 0 amide bonds. The molecule has 7 heteroatoms. The van der Waals surface area contributed by atoms with Gasteiger partial charge in [0.05, 0.1) is 9.40 Å². The first-order valence-corrected chi connectivity index (χ1v) is 8.25. The Morgan fingerprint density at radius 3 is 2.90 bits per heavy atom. The lowest BCUT2D eigenvalue weighted by Crippen LogP contribution is -2.50. The van der Waals surface area contributed by atoms with Crippen LogP contribution in [0.4, 0.5) is 11.4 Å². The van der Waals surface area contributed by atoms with Crippen molar-refractivity contribution in [1.29, 1.82) is 0 Å². The maximum absolute atomic E-state index is 11.3. The van der Waals surface area contributed by atoms with Crippen molar-refractivity contribution in [3.8, 4) is 0 Å². The van der Waals surface area contributed by atoms with Crippen LogP contribution in [-0.4, -0.2) is 35.1 Å². The maximum Gasteiger partial charge on any atom is 0.311 e. The van der Waals surface area contributed by atoms with E-state index in [9.17, 15) is 10.1 Å². The SMILES string of the molecule is O=[N+]([O-])c1cncc(Br)c1N1CCCCC1C1CCCN1. The van der Waals surface area contributed by atoms with Gasteiger partial charge >= 0.3 is 5.69 Å². The molecule has 1 N–H and O–H groups in total. The van der Waals surface area contributed by atoms with E-state index < -0.39 is 0 Å². The lowest BCUT2D eigenvalue weighted by Gasteiger charge is -2.40. The molecular weight excluding hydrogens is 336 g/mol. The molecule has 114 valence electrons. The van der Waals surface area contributed by atoms with E-state index in [0.717, 1.165) is 32.4 Å². The standard InChI is InChI=1S/C14H19BrN4O2/c15-10-8-16-9-13(19(20)21)14(10)18-7-2-1-5-12(18)11-4-3-6-17-11/h8-9,11-12,17H,1-7H2. The number of piperidine rings is 1. The second-order valence-corrected chi connectivity index (χ2v) is 6.56. The average Bonchev–Trinajstić information content (AvgIpc) is 3.01. The van der Waals surface area contributed by atoms with Crippen molar-refractivity contribution in [2.75, 3.05) is 18.0 Å². The Labute approximate surface area is 132 Å². The van der Waals surface area contributed by atoms with Crippen LogP contribution < -0.4 is 10.2 Å². The van der Waals surface area contributed by atoms with E-state index >= 15 is 0 Å². The van der Waals surface area contributed by atoms with Crippen molar-refractivity contribution >= 4 is 27.3 Å². The lowest BCUT2D eigenvalue weighted by molar-refractivity contribution is -0.384. The topological polar surface area (TPSA) is 71.3 Å². The second-order valence-electron chi connectivity index (χ2n) is 5.71. The van der Waals surface area contributed by atoms with Gasteiger partial charge in [-0.25, -0.2) is 0 Å². The normalized spacial score (nSPS) is 26.0. The van der Waals surface area contributed by atoms with E-state index in [4.69, 9.17) is 0 Å². The van der Waals surface area contributed by atoms with Crippen LogP contribution in [-0.2, 0) is 0 Å². The molecule has 0 radical (unpaired) electrons. The Morgan fingerprint density at radius 1 is 1.33 bits per heavy atom. The first-order chi connectivity index (χ1) is 10.2. The Kier molecular flexibility index (Phi) is 4.40. The molecule has 2 aliphatic rings. The van der Waals surface area contributed by atoms with Gasteiger partial charge < -0.3 is 10.2 Å². The van der Waals surface area contributed by atoms with Gasteiger partial charge in [-0.15, -0.1) is 0 Å². The summed E-state index contributed by atoms with van der Waals surface area (Å²) < 4.78 is 0.710. The fraction of sp³-hybridized carbons (Fsp3) is 0.643. The Bertz CT molecular complexity index is 534. The molecule has 0 bridgehead atoms. The van der Waals surface area contributed by atoms with Crippen LogP contribution in [0.5, 0.6) is 0 Å². The summed E-state index contributed by atoms with van der Waals surface area (Å²) in [6.45, 7) is 1.92. The Morgan fingerprint density at radius 2 is 2.19 bits per heavy atom. The molecule has 1 aromatic heterocycles. The number of nitrogens with one attached hydrogen (secondary N) is 1. The van der Waals surface area contributed by atoms with Crippen molar-refractivity contribution in [2.45, 2.75) is 44.2 Å². The summed E-state index contributed by atoms with van der Waals surface area (Å²) in [6.07, 6.45) is 8.70. The van der Waals surface area contributed by atoms with Crippen LogP contribution >= 0.6 is 15.9 Å². The fourth-order valence-electron chi connectivity index (χ4n) is 3.53. The number of hydrogen-bond donors (Lipinski definition) is 1. The van der Waals surface area contributed by atoms with E-state index in [-0.39, 0.29) is 10.6 Å². The summed E-state index contributed by atoms with van der Waals surface area (Å²) in [6, 6.07) is 0.767. The number of aromatic nitrogens is 1. The minimum atomic E-state index is -0.333. The van der Waals surface area contributed by atoms with Crippen LogP contribution in [0.3, 0.4) is 0 Å². The Hall–Kier alpha value is -1.21. The third-order valence-electron chi connectivity index (χ3n) is 4.45. The molecule has 2 fully saturated rings. The number of hydrogen-bond acceptors (Lipinski definition) is 5. The van der Waals surface area contributed by atoms with Crippen molar-refractivity contribution in [3.63, 3.8) is 0 Å². The third kappa shape index (κ3) is 2.89. The van der Waals surface area contributed by atoms with Crippen LogP contribution in [0.25, 0.3) is 0 Å². The highest BCUT2D eigenvalue weighted by molar-refractivity contribution is 9.10. The van der Waals surface area contributed by atoms with Gasteiger partial charge in [0, 0.05) is 24.8 Å². The van der Waals surface area contributed by atoms with E-state index in [1.807, 2.05) is 0 Å². The van der Waals surface area contributed by atoms with Crippen molar-refractivity contribution in [2.24, 2.45) is 0 Å². The molecule has 6 nitrogen and oxygen atoms in total. The molecule has 2 saturated heterocycles. The maximum atomic E-state index is 11.3. The largest absolute Gasteiger partial charge is 0.360 e. The van der Waals surface area contributed by atoms with Crippen LogP contribution in [0, 0.1) is 10.1 Å². The van der Waals surface area contributed by atoms with Gasteiger partial charge in [-0.05, 0) is 54.6 Å². The smallest absolute Gasteiger partial charge is 0.311 e. The summed E-state index contributed by atoms with van der Waals surface area (Å²) in [7, 11) is 0. The van der Waals surface area contributed by atoms with E-state index in [1.165, 1.54) is 19.0 Å². The molecule has 3 rings (SSSR count). The quantitative estimate of drug-likeness (QED) is 0.667. The van der Waals surface area contributed by atoms with Crippen LogP contribution in [0.1, 0.15) is 32.1 Å². The molecule has 0 aromatic carbocycles. The summed E-state index contributed by atoms with van der Waals surface area (Å²) in [5.41, 5.74) is 0.780. The number of nitrogens with zero attached hydrogens (tertiary/aromatic N) is 3. The van der Waals surface area contributed by atoms with E-state index in [0.29, 0.717) is 22.2 Å². The zero-order chi connectivity index (χ0) is 14.8. The van der Waals surface area contributed by atoms with Gasteiger partial charge in [0.1, 0.15) is 11.9 Å². The molecule has 2 atom stereocenters. The number of rotatable bonds is 3. The molecule has 1 aromatic rings. The highest BCUT2D eigenvalue weighted by Crippen LogP contribution is 2.39. The van der Waals surface area contributed by atoms with E-state index in [2.05, 4.69) is 31.1 Å². The fourth-order valence-corrected chi connectivity index (χ4v) is 4.08. The third-order valence-corrected chi connectivity index (χ3v) is 5.03. The van der Waals surface area contributed by atoms with Crippen molar-refractivity contribution in [1.82, 2.24) is 10.3 Å². The summed E-state index contributed by atoms with van der Waals surface area (Å²) in [5, 5.41) is 14.9. The predicted molar refractivity (Wildman–Crippen MR) is 84.6 cm³/mol. The first-order valence-electron chi connectivity index (χ1n) is 7.46. The van der Waals surface area contributed by atoms with Gasteiger partial charge in [0.25, 0.3) is 0 Å². The molecule has 2 unspecified atom stereocenters. The number of halogens is 1. The zero-order valence-electron chi connectivity index (χ0n) is 11.8. The Balaban J connectivity index is 1.98. The van der Waals surface area contributed by atoms with Gasteiger partial charge in [0.15, 0.2) is 0 Å². The number of anilines is 1. The monoisotopic (exact) mass is 354 g/mol. The molecule has 21 heavy (non-hydrogen) atoms. The average molecular weight is 355 g/mol.